The number of aliphatic hydroxyl groups is 2. The summed E-state index contributed by atoms with van der Waals surface area (Å²) >= 11 is -3.10. The van der Waals surface area contributed by atoms with Crippen LogP contribution in [0.2, 0.25) is 16.6 Å². The van der Waals surface area contributed by atoms with Crippen molar-refractivity contribution in [2.45, 2.75) is 41.2 Å². The molecule has 1 aliphatic heterocycles. The minimum absolute atomic E-state index is 0.0904. The summed E-state index contributed by atoms with van der Waals surface area (Å²) in [4.78, 5) is 21.5. The number of amides is 1. The summed E-state index contributed by atoms with van der Waals surface area (Å²) < 4.78 is 21.5. The van der Waals surface area contributed by atoms with Gasteiger partial charge in [0.25, 0.3) is 0 Å². The second-order valence-electron chi connectivity index (χ2n) is 4.93. The molecule has 1 saturated heterocycles. The number of carboxylic acid groups (broad SMARTS) is 1. The van der Waals surface area contributed by atoms with Crippen LogP contribution >= 0.6 is 0 Å². The Morgan fingerprint density at radius 3 is 2.40 bits per heavy atom. The Morgan fingerprint density at radius 1 is 1.30 bits per heavy atom. The molecule has 0 aromatic carbocycles. The van der Waals surface area contributed by atoms with E-state index in [1.165, 1.54) is 0 Å². The van der Waals surface area contributed by atoms with Crippen LogP contribution in [-0.2, 0) is 18.0 Å². The molecule has 0 aromatic heterocycles. The Morgan fingerprint density at radius 2 is 1.90 bits per heavy atom. The standard InChI is InChI=1S/C10H18AsNO8/c1-11(2,18)3-5-7(15)8(16)9(19-5)20-10(17)12-4-6(13)14/h5,7-9,15-16H,3-4H2,1-2H3,(H,12,17)(H,13,14)/t5-,7+,8-,9+/m1/s1. The maximum absolute atomic E-state index is 11.7. The van der Waals surface area contributed by atoms with Gasteiger partial charge in [0.2, 0.25) is 0 Å². The van der Waals surface area contributed by atoms with E-state index in [-0.39, 0.29) is 5.21 Å². The number of carbonyl (C=O) groups is 2. The first kappa shape index (κ1) is 17.0. The van der Waals surface area contributed by atoms with E-state index >= 15 is 0 Å². The summed E-state index contributed by atoms with van der Waals surface area (Å²) in [5, 5.41) is 29.8. The van der Waals surface area contributed by atoms with E-state index in [4.69, 9.17) is 9.84 Å². The molecule has 0 unspecified atom stereocenters. The maximum atomic E-state index is 11.7. The van der Waals surface area contributed by atoms with Gasteiger partial charge in [-0.3, -0.25) is 0 Å². The van der Waals surface area contributed by atoms with Crippen LogP contribution in [0.15, 0.2) is 0 Å². The Labute approximate surface area is 117 Å². The summed E-state index contributed by atoms with van der Waals surface area (Å²) in [5.41, 5.74) is 3.13. The first-order valence-electron chi connectivity index (χ1n) is 5.82. The molecule has 4 atom stereocenters. The molecule has 20 heavy (non-hydrogen) atoms. The van der Waals surface area contributed by atoms with Gasteiger partial charge in [-0.1, -0.05) is 0 Å². The Kier molecular flexibility index (Phi) is 5.64. The summed E-state index contributed by atoms with van der Waals surface area (Å²) in [5.74, 6) is -1.26. The molecule has 116 valence electrons. The molecule has 0 radical (unpaired) electrons. The van der Waals surface area contributed by atoms with Gasteiger partial charge in [0.05, 0.1) is 0 Å². The second kappa shape index (κ2) is 6.62. The van der Waals surface area contributed by atoms with Crippen LogP contribution < -0.4 is 5.32 Å². The zero-order valence-electron chi connectivity index (χ0n) is 11.1. The normalized spacial score (nSPS) is 30.0. The fraction of sp³-hybridized carbons (Fsp3) is 0.800. The monoisotopic (exact) mass is 355 g/mol. The zero-order chi connectivity index (χ0) is 15.5. The van der Waals surface area contributed by atoms with Crippen LogP contribution in [0, 0.1) is 0 Å². The van der Waals surface area contributed by atoms with Crippen LogP contribution in [0.25, 0.3) is 0 Å². The molecular weight excluding hydrogens is 337 g/mol. The SMILES string of the molecule is C[As](C)(=O)C[C@H]1O[C@@H](OC(=O)NCC(=O)O)[C@H](O)[C@H]1O. The Bertz CT molecular complexity index is 421. The summed E-state index contributed by atoms with van der Waals surface area (Å²) in [6, 6.07) is 0. The van der Waals surface area contributed by atoms with Gasteiger partial charge in [0.15, 0.2) is 0 Å². The third-order valence-electron chi connectivity index (χ3n) is 2.55. The van der Waals surface area contributed by atoms with Crippen molar-refractivity contribution < 1.29 is 38.1 Å². The van der Waals surface area contributed by atoms with Gasteiger partial charge in [-0.15, -0.1) is 0 Å². The van der Waals surface area contributed by atoms with Crippen molar-refractivity contribution in [1.29, 1.82) is 0 Å². The van der Waals surface area contributed by atoms with Crippen molar-refractivity contribution in [3.8, 4) is 0 Å². The zero-order valence-corrected chi connectivity index (χ0v) is 12.9. The quantitative estimate of drug-likeness (QED) is 0.454. The van der Waals surface area contributed by atoms with E-state index in [9.17, 15) is 23.5 Å². The third kappa shape index (κ3) is 5.16. The molecule has 10 heteroatoms. The molecule has 1 amide bonds. The van der Waals surface area contributed by atoms with E-state index in [2.05, 4.69) is 4.74 Å². The van der Waals surface area contributed by atoms with Gasteiger partial charge in [0.1, 0.15) is 0 Å². The number of rotatable bonds is 5. The molecule has 0 aliphatic carbocycles. The molecular formula is C10H18AsNO8. The summed E-state index contributed by atoms with van der Waals surface area (Å²) in [6.07, 6.45) is -6.20. The van der Waals surface area contributed by atoms with Crippen molar-refractivity contribution in [3.05, 3.63) is 0 Å². The van der Waals surface area contributed by atoms with Crippen molar-refractivity contribution in [1.82, 2.24) is 5.32 Å². The number of carboxylic acids is 1. The predicted octanol–water partition coefficient (Wildman–Crippen LogP) is -1.12. The molecule has 0 bridgehead atoms. The van der Waals surface area contributed by atoms with Gasteiger partial charge in [-0.2, -0.15) is 0 Å². The van der Waals surface area contributed by atoms with E-state index in [1.807, 2.05) is 5.32 Å². The topological polar surface area (TPSA) is 142 Å². The van der Waals surface area contributed by atoms with Crippen LogP contribution in [-0.4, -0.2) is 72.0 Å². The van der Waals surface area contributed by atoms with E-state index in [1.54, 1.807) is 11.4 Å². The first-order valence-corrected chi connectivity index (χ1v) is 11.7. The van der Waals surface area contributed by atoms with Crippen LogP contribution in [0.1, 0.15) is 0 Å². The number of nitrogens with one attached hydrogen (secondary N) is 1. The van der Waals surface area contributed by atoms with Crippen LogP contribution in [0.4, 0.5) is 4.79 Å². The average molecular weight is 355 g/mol. The molecule has 0 spiro atoms. The molecule has 1 rings (SSSR count). The second-order valence-corrected chi connectivity index (χ2v) is 12.3. The summed E-state index contributed by atoms with van der Waals surface area (Å²) in [7, 11) is 0. The van der Waals surface area contributed by atoms with Gasteiger partial charge in [0, 0.05) is 0 Å². The predicted molar refractivity (Wildman–Crippen MR) is 65.8 cm³/mol. The van der Waals surface area contributed by atoms with Gasteiger partial charge in [-0.25, -0.2) is 0 Å². The molecule has 4 N–H and O–H groups in total. The fourth-order valence-corrected chi connectivity index (χ4v) is 4.14. The fourth-order valence-electron chi connectivity index (χ4n) is 1.69. The average Bonchev–Trinajstić information content (AvgIpc) is 2.53. The summed E-state index contributed by atoms with van der Waals surface area (Å²) in [6.45, 7) is -0.643. The van der Waals surface area contributed by atoms with Crippen molar-refractivity contribution in [2.24, 2.45) is 0 Å². The van der Waals surface area contributed by atoms with Crippen LogP contribution in [0.5, 0.6) is 0 Å². The van der Waals surface area contributed by atoms with E-state index in [0.29, 0.717) is 0 Å². The minimum atomic E-state index is -3.10. The first-order chi connectivity index (χ1) is 9.10. The molecule has 1 heterocycles. The number of aliphatic carboxylic acids is 1. The van der Waals surface area contributed by atoms with Gasteiger partial charge < -0.3 is 0 Å². The van der Waals surface area contributed by atoms with Gasteiger partial charge >= 0.3 is 117 Å². The number of alkyl carbamates (subject to hydrolysis) is 1. The number of hydrogen-bond acceptors (Lipinski definition) is 7. The molecule has 0 aromatic rings. The number of carbonyl (C=O) groups excluding carboxylic acids is 1. The van der Waals surface area contributed by atoms with E-state index < -0.39 is 56.7 Å². The third-order valence-corrected chi connectivity index (χ3v) is 5.15. The van der Waals surface area contributed by atoms with Crippen molar-refractivity contribution >= 4 is 25.6 Å². The van der Waals surface area contributed by atoms with Crippen molar-refractivity contribution in [2.75, 3.05) is 6.54 Å². The number of ether oxygens (including phenoxy) is 2. The molecule has 0 saturated carbocycles. The van der Waals surface area contributed by atoms with Gasteiger partial charge in [-0.05, 0) is 0 Å². The molecule has 9 nitrogen and oxygen atoms in total. The Hall–Kier alpha value is -1.02. The number of hydrogen-bond donors (Lipinski definition) is 4. The molecule has 1 fully saturated rings. The van der Waals surface area contributed by atoms with Crippen molar-refractivity contribution in [3.63, 3.8) is 0 Å². The Balaban J connectivity index is 2.54. The number of aliphatic hydroxyl groups excluding tert-OH is 2. The van der Waals surface area contributed by atoms with E-state index in [0.717, 1.165) is 0 Å². The van der Waals surface area contributed by atoms with Crippen LogP contribution in [0.3, 0.4) is 0 Å². The molecule has 1 aliphatic rings.